The molecule has 0 bridgehead atoms. The van der Waals surface area contributed by atoms with Crippen molar-refractivity contribution in [1.29, 1.82) is 0 Å². The van der Waals surface area contributed by atoms with Crippen molar-refractivity contribution in [3.63, 3.8) is 0 Å². The number of carbonyl (C=O) groups excluding carboxylic acids is 1. The number of amides is 1. The highest BCUT2D eigenvalue weighted by molar-refractivity contribution is 6.42. The lowest BCUT2D eigenvalue weighted by atomic mass is 10.3. The Balaban J connectivity index is 2.81. The van der Waals surface area contributed by atoms with Crippen LogP contribution in [0.1, 0.15) is 13.8 Å². The van der Waals surface area contributed by atoms with Crippen LogP contribution in [0.15, 0.2) is 6.07 Å². The van der Waals surface area contributed by atoms with Crippen LogP contribution in [0.3, 0.4) is 0 Å². The Bertz CT molecular complexity index is 426. The zero-order valence-electron chi connectivity index (χ0n) is 9.35. The number of carbonyl (C=O) groups is 1. The lowest BCUT2D eigenvalue weighted by molar-refractivity contribution is -0.121. The summed E-state index contributed by atoms with van der Waals surface area (Å²) >= 11 is 17.4. The minimum atomic E-state index is -0.461. The largest absolute Gasteiger partial charge is 0.357 e. The summed E-state index contributed by atoms with van der Waals surface area (Å²) < 4.78 is 0. The third kappa shape index (κ3) is 3.91. The second-order valence-corrected chi connectivity index (χ2v) is 4.52. The molecular weight excluding hydrogens is 284 g/mol. The Kier molecular flexibility index (Phi) is 5.31. The van der Waals surface area contributed by atoms with Crippen molar-refractivity contribution in [2.24, 2.45) is 0 Å². The van der Waals surface area contributed by atoms with Crippen LogP contribution in [-0.4, -0.2) is 23.5 Å². The van der Waals surface area contributed by atoms with E-state index in [0.717, 1.165) is 0 Å². The monoisotopic (exact) mass is 295 g/mol. The van der Waals surface area contributed by atoms with Crippen molar-refractivity contribution < 1.29 is 4.79 Å². The maximum Gasteiger partial charge on any atom is 0.242 e. The average Bonchev–Trinajstić information content (AvgIpc) is 2.26. The fraction of sp³-hybridized carbons (Fsp3) is 0.400. The van der Waals surface area contributed by atoms with Crippen LogP contribution in [0.5, 0.6) is 0 Å². The van der Waals surface area contributed by atoms with Gasteiger partial charge in [-0.3, -0.25) is 4.79 Å². The summed E-state index contributed by atoms with van der Waals surface area (Å²) in [6.07, 6.45) is 0. The van der Waals surface area contributed by atoms with E-state index in [1.165, 1.54) is 6.07 Å². The highest BCUT2D eigenvalue weighted by Crippen LogP contribution is 2.29. The van der Waals surface area contributed by atoms with Gasteiger partial charge >= 0.3 is 0 Å². The number of nitrogens with zero attached hydrogens (tertiary/aromatic N) is 1. The van der Waals surface area contributed by atoms with Gasteiger partial charge in [0.1, 0.15) is 17.0 Å². The molecule has 1 unspecified atom stereocenters. The van der Waals surface area contributed by atoms with Crippen LogP contribution < -0.4 is 10.6 Å². The maximum atomic E-state index is 11.5. The molecule has 1 atom stereocenters. The predicted octanol–water partition coefficient (Wildman–Crippen LogP) is 2.98. The van der Waals surface area contributed by atoms with Crippen molar-refractivity contribution in [2.75, 3.05) is 11.9 Å². The molecule has 7 heteroatoms. The second kappa shape index (κ2) is 6.28. The van der Waals surface area contributed by atoms with Crippen molar-refractivity contribution in [2.45, 2.75) is 19.9 Å². The van der Waals surface area contributed by atoms with Gasteiger partial charge in [-0.25, -0.2) is 4.98 Å². The molecule has 2 N–H and O–H groups in total. The zero-order chi connectivity index (χ0) is 13.0. The van der Waals surface area contributed by atoms with Gasteiger partial charge in [0.25, 0.3) is 0 Å². The molecule has 0 saturated carbocycles. The number of hydrogen-bond donors (Lipinski definition) is 2. The SMILES string of the molecule is CCNC(=O)C(C)Nc1nc(Cl)c(Cl)cc1Cl. The van der Waals surface area contributed by atoms with Crippen LogP contribution in [-0.2, 0) is 4.79 Å². The van der Waals surface area contributed by atoms with Gasteiger partial charge in [-0.15, -0.1) is 0 Å². The van der Waals surface area contributed by atoms with Gasteiger partial charge in [0.05, 0.1) is 10.0 Å². The lowest BCUT2D eigenvalue weighted by Crippen LogP contribution is -2.37. The molecule has 0 aliphatic rings. The molecule has 1 amide bonds. The molecule has 1 heterocycles. The van der Waals surface area contributed by atoms with Crippen molar-refractivity contribution in [3.05, 3.63) is 21.3 Å². The quantitative estimate of drug-likeness (QED) is 0.840. The first-order valence-electron chi connectivity index (χ1n) is 5.01. The Morgan fingerprint density at radius 1 is 1.41 bits per heavy atom. The summed E-state index contributed by atoms with van der Waals surface area (Å²) in [5.41, 5.74) is 0. The van der Waals surface area contributed by atoms with Crippen molar-refractivity contribution in [3.8, 4) is 0 Å². The summed E-state index contributed by atoms with van der Waals surface area (Å²) in [5.74, 6) is 0.191. The third-order valence-electron chi connectivity index (χ3n) is 1.98. The molecule has 0 aliphatic carbocycles. The van der Waals surface area contributed by atoms with E-state index in [2.05, 4.69) is 15.6 Å². The van der Waals surface area contributed by atoms with Crippen LogP contribution in [0.2, 0.25) is 15.2 Å². The Hall–Kier alpha value is -0.710. The van der Waals surface area contributed by atoms with Gasteiger partial charge < -0.3 is 10.6 Å². The van der Waals surface area contributed by atoms with Gasteiger partial charge in [0.2, 0.25) is 5.91 Å². The molecule has 4 nitrogen and oxygen atoms in total. The molecule has 0 radical (unpaired) electrons. The summed E-state index contributed by atoms with van der Waals surface area (Å²) in [5, 5.41) is 6.27. The third-order valence-corrected chi connectivity index (χ3v) is 2.95. The van der Waals surface area contributed by atoms with E-state index in [1.807, 2.05) is 6.92 Å². The molecule has 0 fully saturated rings. The Labute approximate surface area is 115 Å². The summed E-state index contributed by atoms with van der Waals surface area (Å²) in [4.78, 5) is 15.5. The number of hydrogen-bond acceptors (Lipinski definition) is 3. The van der Waals surface area contributed by atoms with E-state index in [-0.39, 0.29) is 16.1 Å². The number of aromatic nitrogens is 1. The fourth-order valence-electron chi connectivity index (χ4n) is 1.14. The number of pyridine rings is 1. The minimum Gasteiger partial charge on any atom is -0.357 e. The molecule has 1 rings (SSSR count). The van der Waals surface area contributed by atoms with E-state index in [9.17, 15) is 4.79 Å². The smallest absolute Gasteiger partial charge is 0.242 e. The molecule has 1 aromatic heterocycles. The molecule has 0 aromatic carbocycles. The molecule has 94 valence electrons. The van der Waals surface area contributed by atoms with Crippen LogP contribution >= 0.6 is 34.8 Å². The topological polar surface area (TPSA) is 54.0 Å². The number of anilines is 1. The van der Waals surface area contributed by atoms with Crippen molar-refractivity contribution >= 4 is 46.5 Å². The highest BCUT2D eigenvalue weighted by Gasteiger charge is 2.15. The summed E-state index contributed by atoms with van der Waals surface area (Å²) in [7, 11) is 0. The predicted molar refractivity (Wildman–Crippen MR) is 71.0 cm³/mol. The summed E-state index contributed by atoms with van der Waals surface area (Å²) in [6, 6.07) is 1.02. The van der Waals surface area contributed by atoms with Crippen LogP contribution in [0.25, 0.3) is 0 Å². The Morgan fingerprint density at radius 3 is 2.65 bits per heavy atom. The molecule has 0 spiro atoms. The van der Waals surface area contributed by atoms with Gasteiger partial charge in [0.15, 0.2) is 0 Å². The Morgan fingerprint density at radius 2 is 2.06 bits per heavy atom. The number of halogens is 3. The van der Waals surface area contributed by atoms with Gasteiger partial charge in [-0.1, -0.05) is 34.8 Å². The van der Waals surface area contributed by atoms with E-state index in [4.69, 9.17) is 34.8 Å². The lowest BCUT2D eigenvalue weighted by Gasteiger charge is -2.15. The van der Waals surface area contributed by atoms with E-state index in [0.29, 0.717) is 17.4 Å². The average molecular weight is 297 g/mol. The number of rotatable bonds is 4. The van der Waals surface area contributed by atoms with Gasteiger partial charge in [-0.2, -0.15) is 0 Å². The van der Waals surface area contributed by atoms with E-state index >= 15 is 0 Å². The normalized spacial score (nSPS) is 12.1. The summed E-state index contributed by atoms with van der Waals surface area (Å²) in [6.45, 7) is 4.11. The van der Waals surface area contributed by atoms with Crippen LogP contribution in [0, 0.1) is 0 Å². The van der Waals surface area contributed by atoms with Crippen molar-refractivity contribution in [1.82, 2.24) is 10.3 Å². The highest BCUT2D eigenvalue weighted by atomic mass is 35.5. The second-order valence-electron chi connectivity index (χ2n) is 3.35. The molecule has 1 aromatic rings. The molecule has 0 aliphatic heterocycles. The maximum absolute atomic E-state index is 11.5. The molecule has 17 heavy (non-hydrogen) atoms. The van der Waals surface area contributed by atoms with Crippen LogP contribution in [0.4, 0.5) is 5.82 Å². The first kappa shape index (κ1) is 14.4. The van der Waals surface area contributed by atoms with Gasteiger partial charge in [0, 0.05) is 6.54 Å². The first-order valence-corrected chi connectivity index (χ1v) is 6.14. The minimum absolute atomic E-state index is 0.140. The van der Waals surface area contributed by atoms with E-state index < -0.39 is 6.04 Å². The first-order chi connectivity index (χ1) is 7.95. The number of likely N-dealkylation sites (N-methyl/N-ethyl adjacent to an activating group) is 1. The molecular formula is C10H12Cl3N3O. The fourth-order valence-corrected chi connectivity index (χ4v) is 1.70. The zero-order valence-corrected chi connectivity index (χ0v) is 11.6. The number of nitrogens with one attached hydrogen (secondary N) is 2. The van der Waals surface area contributed by atoms with Gasteiger partial charge in [-0.05, 0) is 19.9 Å². The molecule has 0 saturated heterocycles. The standard InChI is InChI=1S/C10H12Cl3N3O/c1-3-14-10(17)5(2)15-9-7(12)4-6(11)8(13)16-9/h4-5H,3H2,1-2H3,(H,14,17)(H,15,16). The van der Waals surface area contributed by atoms with E-state index in [1.54, 1.807) is 6.92 Å².